The van der Waals surface area contributed by atoms with Gasteiger partial charge in [-0.2, -0.15) is 0 Å². The van der Waals surface area contributed by atoms with Gasteiger partial charge >= 0.3 is 0 Å². The van der Waals surface area contributed by atoms with Crippen molar-refractivity contribution in [1.29, 1.82) is 0 Å². The lowest BCUT2D eigenvalue weighted by Crippen LogP contribution is -2.43. The molecular weight excluding hydrogens is 496 g/mol. The second-order valence-corrected chi connectivity index (χ2v) is 10.6. The molecule has 2 aliphatic heterocycles. The van der Waals surface area contributed by atoms with Crippen LogP contribution in [0.4, 0.5) is 26.2 Å². The molecule has 1 aromatic carbocycles. The number of piperazine rings is 1. The average molecular weight is 526 g/mol. The van der Waals surface area contributed by atoms with Crippen LogP contribution >= 0.6 is 11.8 Å². The predicted octanol–water partition coefficient (Wildman–Crippen LogP) is 4.15. The van der Waals surface area contributed by atoms with Crippen molar-refractivity contribution in [2.75, 3.05) is 49.2 Å². The molecule has 1 saturated heterocycles. The zero-order chi connectivity index (χ0) is 26.1. The molecular formula is C26H29F2N7OS. The number of thioether (sulfide) groups is 1. The van der Waals surface area contributed by atoms with E-state index < -0.39 is 11.6 Å². The Balaban J connectivity index is 1.36. The normalized spacial score (nSPS) is 16.8. The molecule has 3 aromatic rings. The van der Waals surface area contributed by atoms with E-state index in [1.54, 1.807) is 17.2 Å². The van der Waals surface area contributed by atoms with E-state index in [1.807, 2.05) is 26.0 Å². The first-order valence-electron chi connectivity index (χ1n) is 12.2. The summed E-state index contributed by atoms with van der Waals surface area (Å²) in [7, 11) is 2.13. The van der Waals surface area contributed by atoms with Crippen LogP contribution in [0.1, 0.15) is 19.4 Å². The van der Waals surface area contributed by atoms with Crippen LogP contribution in [0.25, 0.3) is 11.3 Å². The van der Waals surface area contributed by atoms with E-state index in [-0.39, 0.29) is 34.9 Å². The second kappa shape index (κ2) is 10.7. The van der Waals surface area contributed by atoms with Gasteiger partial charge < -0.3 is 15.1 Å². The summed E-state index contributed by atoms with van der Waals surface area (Å²) in [6, 6.07) is 6.52. The molecule has 8 nitrogen and oxygen atoms in total. The molecule has 1 amide bonds. The number of benzene rings is 1. The number of rotatable bonds is 6. The summed E-state index contributed by atoms with van der Waals surface area (Å²) in [5.41, 5.74) is 1.70. The molecule has 1 N–H and O–H groups in total. The Morgan fingerprint density at radius 1 is 1.05 bits per heavy atom. The third-order valence-electron chi connectivity index (χ3n) is 6.49. The Bertz CT molecular complexity index is 1300. The lowest BCUT2D eigenvalue weighted by Gasteiger charge is -2.32. The van der Waals surface area contributed by atoms with E-state index in [0.717, 1.165) is 56.2 Å². The van der Waals surface area contributed by atoms with Gasteiger partial charge in [-0.1, -0.05) is 6.07 Å². The molecule has 0 atom stereocenters. The van der Waals surface area contributed by atoms with Crippen molar-refractivity contribution < 1.29 is 13.6 Å². The number of amides is 1. The van der Waals surface area contributed by atoms with Crippen LogP contribution in [0.5, 0.6) is 0 Å². The fourth-order valence-electron chi connectivity index (χ4n) is 4.54. The third kappa shape index (κ3) is 5.58. The maximum atomic E-state index is 15.0. The van der Waals surface area contributed by atoms with Gasteiger partial charge in [0.25, 0.3) is 0 Å². The molecule has 0 saturated carbocycles. The maximum Gasteiger partial charge on any atom is 0.237 e. The Hall–Kier alpha value is -3.15. The number of likely N-dealkylation sites (N-methyl/N-ethyl adjacent to an activating group) is 1. The highest BCUT2D eigenvalue weighted by Gasteiger charge is 2.30. The van der Waals surface area contributed by atoms with Gasteiger partial charge in [0, 0.05) is 50.5 Å². The zero-order valence-corrected chi connectivity index (χ0v) is 21.9. The van der Waals surface area contributed by atoms with Crippen LogP contribution in [-0.4, -0.2) is 75.7 Å². The molecule has 0 bridgehead atoms. The largest absolute Gasteiger partial charge is 0.309 e. The van der Waals surface area contributed by atoms with Crippen molar-refractivity contribution >= 4 is 35.1 Å². The number of anilines is 3. The van der Waals surface area contributed by atoms with E-state index in [0.29, 0.717) is 16.4 Å². The van der Waals surface area contributed by atoms with Crippen molar-refractivity contribution in [2.45, 2.75) is 31.3 Å². The number of pyridine rings is 1. The van der Waals surface area contributed by atoms with Gasteiger partial charge in [0.05, 0.1) is 22.5 Å². The number of nitrogens with zero attached hydrogens (tertiary/aromatic N) is 6. The first-order valence-corrected chi connectivity index (χ1v) is 13.2. The van der Waals surface area contributed by atoms with Crippen LogP contribution in [0.2, 0.25) is 0 Å². The van der Waals surface area contributed by atoms with E-state index in [2.05, 4.69) is 37.1 Å². The summed E-state index contributed by atoms with van der Waals surface area (Å²) in [5, 5.41) is 3.01. The topological polar surface area (TPSA) is 77.5 Å². The van der Waals surface area contributed by atoms with Gasteiger partial charge in [-0.15, -0.1) is 11.8 Å². The van der Waals surface area contributed by atoms with Gasteiger partial charge in [0.1, 0.15) is 17.3 Å². The number of nitrogens with one attached hydrogen (secondary N) is 1. The molecule has 37 heavy (non-hydrogen) atoms. The van der Waals surface area contributed by atoms with Gasteiger partial charge in [0.15, 0.2) is 5.82 Å². The quantitative estimate of drug-likeness (QED) is 0.514. The monoisotopic (exact) mass is 525 g/mol. The standard InChI is InChI=1S/C26H29F2N7OS/c1-16(2)35-21-11-18(10-19(27)25(21)37-15-23(35)36)24-20(28)13-30-26(32-24)31-22-5-4-17(12-29-22)14-34-8-6-33(3)7-9-34/h4-5,10-13,16H,6-9,14-15H2,1-3H3,(H,29,30,31,32). The molecule has 1 fully saturated rings. The molecule has 0 unspecified atom stereocenters. The van der Waals surface area contributed by atoms with E-state index in [1.165, 1.54) is 6.07 Å². The van der Waals surface area contributed by atoms with Gasteiger partial charge in [0.2, 0.25) is 11.9 Å². The van der Waals surface area contributed by atoms with Crippen molar-refractivity contribution in [2.24, 2.45) is 0 Å². The smallest absolute Gasteiger partial charge is 0.237 e. The average Bonchev–Trinajstić information content (AvgIpc) is 2.87. The molecule has 11 heteroatoms. The number of aromatic nitrogens is 3. The highest BCUT2D eigenvalue weighted by Crippen LogP contribution is 2.41. The van der Waals surface area contributed by atoms with Crippen LogP contribution in [0, 0.1) is 11.6 Å². The minimum Gasteiger partial charge on any atom is -0.309 e. The number of carbonyl (C=O) groups is 1. The minimum atomic E-state index is -0.689. The highest BCUT2D eigenvalue weighted by atomic mass is 32.2. The Kier molecular flexibility index (Phi) is 7.36. The van der Waals surface area contributed by atoms with Crippen molar-refractivity contribution in [3.05, 3.63) is 53.9 Å². The fraction of sp³-hybridized carbons (Fsp3) is 0.385. The van der Waals surface area contributed by atoms with Gasteiger partial charge in [-0.3, -0.25) is 9.69 Å². The molecule has 0 aliphatic carbocycles. The number of hydrogen-bond acceptors (Lipinski definition) is 8. The van der Waals surface area contributed by atoms with Crippen LogP contribution < -0.4 is 10.2 Å². The van der Waals surface area contributed by atoms with Crippen LogP contribution in [0.3, 0.4) is 0 Å². The second-order valence-electron chi connectivity index (χ2n) is 9.60. The molecule has 194 valence electrons. The lowest BCUT2D eigenvalue weighted by molar-refractivity contribution is -0.116. The fourth-order valence-corrected chi connectivity index (χ4v) is 5.45. The van der Waals surface area contributed by atoms with Gasteiger partial charge in [-0.25, -0.2) is 23.7 Å². The number of fused-ring (bicyclic) bond motifs is 1. The number of carbonyl (C=O) groups excluding carboxylic acids is 1. The summed E-state index contributed by atoms with van der Waals surface area (Å²) >= 11 is 1.15. The minimum absolute atomic E-state index is 0.0578. The lowest BCUT2D eigenvalue weighted by atomic mass is 10.1. The predicted molar refractivity (Wildman–Crippen MR) is 141 cm³/mol. The van der Waals surface area contributed by atoms with Crippen molar-refractivity contribution in [3.63, 3.8) is 0 Å². The molecule has 5 rings (SSSR count). The van der Waals surface area contributed by atoms with Gasteiger partial charge in [-0.05, 0) is 44.7 Å². The number of hydrogen-bond donors (Lipinski definition) is 1. The first kappa shape index (κ1) is 25.5. The van der Waals surface area contributed by atoms with Crippen LogP contribution in [-0.2, 0) is 11.3 Å². The molecule has 2 aromatic heterocycles. The zero-order valence-electron chi connectivity index (χ0n) is 21.0. The molecule has 2 aliphatic rings. The molecule has 0 radical (unpaired) electrons. The summed E-state index contributed by atoms with van der Waals surface area (Å²) in [6.45, 7) is 8.70. The van der Waals surface area contributed by atoms with Crippen molar-refractivity contribution in [1.82, 2.24) is 24.8 Å². The number of halogens is 2. The summed E-state index contributed by atoms with van der Waals surface area (Å²) in [4.78, 5) is 31.9. The summed E-state index contributed by atoms with van der Waals surface area (Å²) < 4.78 is 29.8. The highest BCUT2D eigenvalue weighted by molar-refractivity contribution is 8.00. The van der Waals surface area contributed by atoms with E-state index >= 15 is 4.39 Å². The third-order valence-corrected chi connectivity index (χ3v) is 7.58. The Morgan fingerprint density at radius 2 is 1.84 bits per heavy atom. The first-order chi connectivity index (χ1) is 17.8. The molecule has 4 heterocycles. The molecule has 0 spiro atoms. The summed E-state index contributed by atoms with van der Waals surface area (Å²) in [5.74, 6) is -0.494. The SMILES string of the molecule is CC(C)N1C(=O)CSc2c(F)cc(-c3nc(Nc4ccc(CN5CCN(C)CC5)cn4)ncc3F)cc21. The van der Waals surface area contributed by atoms with E-state index in [9.17, 15) is 9.18 Å². The summed E-state index contributed by atoms with van der Waals surface area (Å²) in [6.07, 6.45) is 2.85. The Morgan fingerprint density at radius 3 is 2.54 bits per heavy atom. The van der Waals surface area contributed by atoms with Crippen molar-refractivity contribution in [3.8, 4) is 11.3 Å². The maximum absolute atomic E-state index is 15.0. The van der Waals surface area contributed by atoms with E-state index in [4.69, 9.17) is 0 Å². The van der Waals surface area contributed by atoms with Crippen LogP contribution in [0.15, 0.2) is 41.6 Å². The Labute approximate surface area is 219 Å².